The molecule has 1 heterocycles. The summed E-state index contributed by atoms with van der Waals surface area (Å²) in [5.74, 6) is -5.98. The van der Waals surface area contributed by atoms with Crippen LogP contribution in [0, 0.1) is 0 Å². The Hall–Kier alpha value is -3.37. The molecular formula is C23H15Cl3F7N5O3. The minimum Gasteiger partial charge on any atom is -0.267 e. The molecule has 0 aliphatic carbocycles. The highest BCUT2D eigenvalue weighted by molar-refractivity contribution is 6.48. The van der Waals surface area contributed by atoms with Crippen molar-refractivity contribution >= 4 is 58.2 Å². The number of hydrogen-bond donors (Lipinski definition) is 3. The molecule has 1 aromatic heterocycles. The number of carbonyl (C=O) groups excluding carboxylic acids is 1. The number of amides is 1. The van der Waals surface area contributed by atoms with Crippen molar-refractivity contribution in [2.75, 3.05) is 17.3 Å². The zero-order valence-corrected chi connectivity index (χ0v) is 22.3. The molecule has 0 aliphatic rings. The normalized spacial score (nSPS) is 13.1. The summed E-state index contributed by atoms with van der Waals surface area (Å²) >= 11 is 17.3. The van der Waals surface area contributed by atoms with E-state index in [1.165, 1.54) is 0 Å². The summed E-state index contributed by atoms with van der Waals surface area (Å²) < 4.78 is 98.0. The zero-order valence-electron chi connectivity index (χ0n) is 20.1. The molecule has 3 N–H and O–H groups in total. The Kier molecular flexibility index (Phi) is 9.60. The van der Waals surface area contributed by atoms with E-state index < -0.39 is 52.3 Å². The Bertz CT molecular complexity index is 1450. The van der Waals surface area contributed by atoms with Gasteiger partial charge in [0.25, 0.3) is 5.91 Å². The maximum absolute atomic E-state index is 15.0. The van der Waals surface area contributed by atoms with Crippen LogP contribution in [0.5, 0.6) is 0 Å². The number of hydrazine groups is 1. The summed E-state index contributed by atoms with van der Waals surface area (Å²) in [4.78, 5) is 20.0. The Labute approximate surface area is 241 Å². The van der Waals surface area contributed by atoms with Crippen molar-refractivity contribution in [1.29, 1.82) is 0 Å². The van der Waals surface area contributed by atoms with Gasteiger partial charge in [0.05, 0.1) is 38.6 Å². The van der Waals surface area contributed by atoms with Gasteiger partial charge in [0.1, 0.15) is 17.4 Å². The van der Waals surface area contributed by atoms with Crippen molar-refractivity contribution in [3.8, 4) is 0 Å². The Balaban J connectivity index is 1.97. The van der Waals surface area contributed by atoms with Crippen molar-refractivity contribution < 1.29 is 45.9 Å². The minimum atomic E-state index is -5.23. The van der Waals surface area contributed by atoms with Crippen LogP contribution in [0.25, 0.3) is 5.83 Å². The van der Waals surface area contributed by atoms with Crippen LogP contribution in [0.4, 0.5) is 42.4 Å². The molecule has 0 aliphatic heterocycles. The number of benzene rings is 2. The second-order valence-corrected chi connectivity index (χ2v) is 9.31. The lowest BCUT2D eigenvalue weighted by Crippen LogP contribution is -2.41. The van der Waals surface area contributed by atoms with Crippen molar-refractivity contribution in [2.45, 2.75) is 18.3 Å². The lowest BCUT2D eigenvalue weighted by Gasteiger charge is -2.21. The van der Waals surface area contributed by atoms with Crippen molar-refractivity contribution in [3.63, 3.8) is 0 Å². The van der Waals surface area contributed by atoms with Crippen LogP contribution in [0.1, 0.15) is 33.0 Å². The van der Waals surface area contributed by atoms with E-state index in [-0.39, 0.29) is 44.1 Å². The van der Waals surface area contributed by atoms with Crippen LogP contribution in [-0.2, 0) is 6.18 Å². The highest BCUT2D eigenvalue weighted by Gasteiger charge is 2.41. The van der Waals surface area contributed by atoms with Crippen molar-refractivity contribution in [3.05, 3.63) is 86.1 Å². The van der Waals surface area contributed by atoms with Crippen LogP contribution in [0.15, 0.2) is 48.8 Å². The Morgan fingerprint density at radius 1 is 1.00 bits per heavy atom. The maximum Gasteiger partial charge on any atom is 0.417 e. The largest absolute Gasteiger partial charge is 0.417 e. The second kappa shape index (κ2) is 12.2. The number of rotatable bonds is 7. The van der Waals surface area contributed by atoms with E-state index in [1.807, 2.05) is 5.43 Å². The van der Waals surface area contributed by atoms with Gasteiger partial charge < -0.3 is 0 Å². The van der Waals surface area contributed by atoms with Crippen LogP contribution in [0.3, 0.4) is 0 Å². The molecule has 1 atom stereocenters. The summed E-state index contributed by atoms with van der Waals surface area (Å²) in [5, 5.41) is 17.4. The van der Waals surface area contributed by atoms with E-state index in [0.717, 1.165) is 36.6 Å². The number of halogens is 10. The van der Waals surface area contributed by atoms with Crippen LogP contribution >= 0.6 is 34.8 Å². The van der Waals surface area contributed by atoms with E-state index in [0.29, 0.717) is 12.1 Å². The van der Waals surface area contributed by atoms with Gasteiger partial charge in [0.15, 0.2) is 0 Å². The molecule has 0 radical (unpaired) electrons. The highest BCUT2D eigenvalue weighted by Crippen LogP contribution is 2.42. The SMILES string of the molecule is CN(NC(=O)c1ccc(/C(F)=C/C(c2cc(Cl)c(Cl)c(Cl)c2)C(F)(F)F)cc1C(F)(F)F)c1ncc(N(O)O)cn1. The third-order valence-corrected chi connectivity index (χ3v) is 6.50. The van der Waals surface area contributed by atoms with Gasteiger partial charge >= 0.3 is 12.4 Å². The molecule has 220 valence electrons. The molecule has 1 unspecified atom stereocenters. The van der Waals surface area contributed by atoms with Gasteiger partial charge in [-0.25, -0.2) is 14.4 Å². The summed E-state index contributed by atoms with van der Waals surface area (Å²) in [6.07, 6.45) is -8.47. The molecule has 0 spiro atoms. The van der Waals surface area contributed by atoms with Crippen LogP contribution in [-0.4, -0.2) is 39.5 Å². The predicted octanol–water partition coefficient (Wildman–Crippen LogP) is 7.48. The maximum atomic E-state index is 15.0. The third-order valence-electron chi connectivity index (χ3n) is 5.30. The first-order valence-corrected chi connectivity index (χ1v) is 11.9. The van der Waals surface area contributed by atoms with Gasteiger partial charge in [-0.1, -0.05) is 40.9 Å². The molecule has 3 aromatic rings. The number of anilines is 2. The number of nitrogens with one attached hydrogen (secondary N) is 1. The molecule has 1 amide bonds. The summed E-state index contributed by atoms with van der Waals surface area (Å²) in [7, 11) is 1.15. The Morgan fingerprint density at radius 2 is 1.56 bits per heavy atom. The molecule has 0 bridgehead atoms. The fourth-order valence-corrected chi connectivity index (χ4v) is 3.97. The molecule has 2 aromatic carbocycles. The molecular weight excluding hydrogens is 634 g/mol. The lowest BCUT2D eigenvalue weighted by atomic mass is 9.95. The van der Waals surface area contributed by atoms with Crippen LogP contribution < -0.4 is 15.7 Å². The van der Waals surface area contributed by atoms with Gasteiger partial charge in [-0.3, -0.25) is 25.6 Å². The first-order valence-electron chi connectivity index (χ1n) is 10.7. The van der Waals surface area contributed by atoms with Gasteiger partial charge in [-0.15, -0.1) is 5.23 Å². The van der Waals surface area contributed by atoms with Gasteiger partial charge in [0, 0.05) is 12.6 Å². The third kappa shape index (κ3) is 7.68. The van der Waals surface area contributed by atoms with Crippen molar-refractivity contribution in [1.82, 2.24) is 15.4 Å². The number of nitrogens with zero attached hydrogens (tertiary/aromatic N) is 4. The average molecular weight is 649 g/mol. The number of allylic oxidation sites excluding steroid dienone is 1. The minimum absolute atomic E-state index is 0.0415. The standard InChI is InChI=1S/C23H15Cl3F7N5O3/c1-37(21-34-8-12(9-35-21)38(40)41)36-20(39)13-3-2-10(4-15(13)23(31,32)33)18(27)7-14(22(28,29)30)11-5-16(24)19(26)17(25)6-11/h2-9,14,40-41H,1H3,(H,36,39)/b18-7-. The number of alkyl halides is 6. The molecule has 41 heavy (non-hydrogen) atoms. The van der Waals surface area contributed by atoms with E-state index in [2.05, 4.69) is 9.97 Å². The molecule has 0 saturated heterocycles. The summed E-state index contributed by atoms with van der Waals surface area (Å²) in [6.45, 7) is 0. The lowest BCUT2D eigenvalue weighted by molar-refractivity contribution is -0.140. The fraction of sp³-hybridized carbons (Fsp3) is 0.174. The second-order valence-electron chi connectivity index (χ2n) is 8.12. The molecule has 18 heteroatoms. The van der Waals surface area contributed by atoms with Crippen LogP contribution in [0.2, 0.25) is 15.1 Å². The average Bonchev–Trinajstić information content (AvgIpc) is 2.88. The monoisotopic (exact) mass is 647 g/mol. The van der Waals surface area contributed by atoms with Crippen molar-refractivity contribution in [2.24, 2.45) is 0 Å². The van der Waals surface area contributed by atoms with E-state index in [9.17, 15) is 31.1 Å². The van der Waals surface area contributed by atoms with Gasteiger partial charge in [-0.2, -0.15) is 26.3 Å². The molecule has 0 saturated carbocycles. The van der Waals surface area contributed by atoms with Gasteiger partial charge in [-0.05, 0) is 35.9 Å². The van der Waals surface area contributed by atoms with Gasteiger partial charge in [0.2, 0.25) is 5.95 Å². The quantitative estimate of drug-likeness (QED) is 0.139. The number of hydrogen-bond acceptors (Lipinski definition) is 7. The molecule has 0 fully saturated rings. The predicted molar refractivity (Wildman–Crippen MR) is 135 cm³/mol. The van der Waals surface area contributed by atoms with E-state index in [4.69, 9.17) is 45.2 Å². The number of carbonyl (C=O) groups is 1. The summed E-state index contributed by atoms with van der Waals surface area (Å²) in [6, 6.07) is 3.03. The smallest absolute Gasteiger partial charge is 0.267 e. The topological polar surface area (TPSA) is 102 Å². The zero-order chi connectivity index (χ0) is 30.9. The first-order chi connectivity index (χ1) is 18.9. The summed E-state index contributed by atoms with van der Waals surface area (Å²) in [5.41, 5.74) is -2.40. The number of aromatic nitrogens is 2. The Morgan fingerprint density at radius 3 is 2.05 bits per heavy atom. The van der Waals surface area contributed by atoms with E-state index >= 15 is 4.39 Å². The fourth-order valence-electron chi connectivity index (χ4n) is 3.36. The highest BCUT2D eigenvalue weighted by atomic mass is 35.5. The van der Waals surface area contributed by atoms with E-state index in [1.54, 1.807) is 0 Å². The first kappa shape index (κ1) is 32.1. The molecule has 8 nitrogen and oxygen atoms in total. The molecule has 3 rings (SSSR count).